The second kappa shape index (κ2) is 8.15. The summed E-state index contributed by atoms with van der Waals surface area (Å²) in [5.41, 5.74) is 8.19. The Balaban J connectivity index is 1.67. The van der Waals surface area contributed by atoms with E-state index in [0.29, 0.717) is 11.3 Å². The zero-order valence-corrected chi connectivity index (χ0v) is 21.5. The van der Waals surface area contributed by atoms with E-state index in [0.717, 1.165) is 27.4 Å². The van der Waals surface area contributed by atoms with Gasteiger partial charge in [-0.2, -0.15) is 5.26 Å². The molecule has 0 spiro atoms. The van der Waals surface area contributed by atoms with Crippen LogP contribution in [0.25, 0.3) is 54.6 Å². The third-order valence-corrected chi connectivity index (χ3v) is 8.13. The zero-order valence-electron chi connectivity index (χ0n) is 21.5. The van der Waals surface area contributed by atoms with Gasteiger partial charge in [0.2, 0.25) is 5.69 Å². The van der Waals surface area contributed by atoms with E-state index in [4.69, 9.17) is 6.57 Å². The van der Waals surface area contributed by atoms with Crippen molar-refractivity contribution >= 4 is 27.5 Å². The van der Waals surface area contributed by atoms with Crippen LogP contribution in [0.15, 0.2) is 97.1 Å². The van der Waals surface area contributed by atoms with E-state index >= 15 is 4.39 Å². The molecule has 6 aromatic rings. The molecule has 1 aliphatic carbocycles. The molecule has 1 heterocycles. The van der Waals surface area contributed by atoms with Crippen molar-refractivity contribution in [1.29, 1.82) is 5.26 Å². The number of nitriles is 1. The summed E-state index contributed by atoms with van der Waals surface area (Å²) in [6.07, 6.45) is 0. The first-order valence-corrected chi connectivity index (χ1v) is 12.8. The zero-order chi connectivity index (χ0) is 26.9. The maximum Gasteiger partial charge on any atom is 0.233 e. The van der Waals surface area contributed by atoms with Crippen LogP contribution >= 0.6 is 0 Å². The van der Waals surface area contributed by atoms with Crippen LogP contribution in [0.3, 0.4) is 0 Å². The van der Waals surface area contributed by atoms with Crippen LogP contribution in [-0.4, -0.2) is 4.57 Å². The standard InChI is InChI=1S/C35H22FN3/c1-35(2)27-15-9-7-13-23(27)25-18-26-24-14-8-10-16-29(24)39(30(26)19-28(25)35)31-17-22(20-37)33(36)34(38-3)32(31)21-11-5-4-6-12-21/h4-19H,1-2H3. The summed E-state index contributed by atoms with van der Waals surface area (Å²) in [6.45, 7) is 12.4. The molecule has 5 aromatic carbocycles. The van der Waals surface area contributed by atoms with E-state index in [2.05, 4.69) is 65.7 Å². The normalized spacial score (nSPS) is 13.2. The molecule has 0 radical (unpaired) electrons. The molecule has 39 heavy (non-hydrogen) atoms. The van der Waals surface area contributed by atoms with Gasteiger partial charge in [-0.3, -0.25) is 0 Å². The van der Waals surface area contributed by atoms with Crippen LogP contribution in [0.1, 0.15) is 30.5 Å². The van der Waals surface area contributed by atoms with E-state index < -0.39 is 5.82 Å². The summed E-state index contributed by atoms with van der Waals surface area (Å²) in [7, 11) is 0. The van der Waals surface area contributed by atoms with Crippen molar-refractivity contribution in [1.82, 2.24) is 4.57 Å². The Labute approximate surface area is 225 Å². The molecule has 1 aromatic heterocycles. The number of aromatic nitrogens is 1. The molecule has 184 valence electrons. The van der Waals surface area contributed by atoms with E-state index in [1.165, 1.54) is 22.3 Å². The predicted molar refractivity (Wildman–Crippen MR) is 155 cm³/mol. The number of para-hydroxylation sites is 1. The molecular weight excluding hydrogens is 481 g/mol. The van der Waals surface area contributed by atoms with Crippen molar-refractivity contribution in [2.24, 2.45) is 0 Å². The lowest BCUT2D eigenvalue weighted by molar-refractivity contribution is 0.630. The second-order valence-electron chi connectivity index (χ2n) is 10.5. The van der Waals surface area contributed by atoms with Gasteiger partial charge in [-0.1, -0.05) is 86.6 Å². The van der Waals surface area contributed by atoms with Gasteiger partial charge in [-0.25, -0.2) is 9.24 Å². The summed E-state index contributed by atoms with van der Waals surface area (Å²) in [5.74, 6) is -0.784. The van der Waals surface area contributed by atoms with Crippen molar-refractivity contribution in [2.75, 3.05) is 0 Å². The topological polar surface area (TPSA) is 33.1 Å². The molecule has 4 heteroatoms. The van der Waals surface area contributed by atoms with Crippen LogP contribution < -0.4 is 0 Å². The van der Waals surface area contributed by atoms with Crippen molar-refractivity contribution in [3.05, 3.63) is 131 Å². The van der Waals surface area contributed by atoms with E-state index in [1.807, 2.05) is 54.6 Å². The van der Waals surface area contributed by atoms with E-state index in [1.54, 1.807) is 6.07 Å². The maximum absolute atomic E-state index is 15.5. The highest BCUT2D eigenvalue weighted by Crippen LogP contribution is 2.51. The highest BCUT2D eigenvalue weighted by Gasteiger charge is 2.36. The molecule has 0 atom stereocenters. The van der Waals surface area contributed by atoms with Gasteiger partial charge in [0.25, 0.3) is 0 Å². The van der Waals surface area contributed by atoms with Crippen molar-refractivity contribution < 1.29 is 4.39 Å². The molecule has 0 aliphatic heterocycles. The quantitative estimate of drug-likeness (QED) is 0.217. The minimum absolute atomic E-state index is 0.143. The molecule has 0 bridgehead atoms. The molecule has 0 unspecified atom stereocenters. The number of rotatable bonds is 2. The monoisotopic (exact) mass is 503 g/mol. The van der Waals surface area contributed by atoms with Crippen LogP contribution in [0.2, 0.25) is 0 Å². The van der Waals surface area contributed by atoms with Gasteiger partial charge in [-0.15, -0.1) is 0 Å². The summed E-state index contributed by atoms with van der Waals surface area (Å²) in [5, 5.41) is 12.0. The molecule has 0 saturated heterocycles. The van der Waals surface area contributed by atoms with Gasteiger partial charge in [-0.05, 0) is 52.1 Å². The van der Waals surface area contributed by atoms with Gasteiger partial charge in [0, 0.05) is 27.4 Å². The molecule has 3 nitrogen and oxygen atoms in total. The van der Waals surface area contributed by atoms with Gasteiger partial charge in [0.05, 0.1) is 23.2 Å². The van der Waals surface area contributed by atoms with E-state index in [-0.39, 0.29) is 16.7 Å². The van der Waals surface area contributed by atoms with Gasteiger partial charge < -0.3 is 4.57 Å². The van der Waals surface area contributed by atoms with Crippen molar-refractivity contribution in [3.8, 4) is 34.0 Å². The summed E-state index contributed by atoms with van der Waals surface area (Å²) in [6, 6.07) is 34.2. The van der Waals surface area contributed by atoms with Gasteiger partial charge >= 0.3 is 0 Å². The minimum Gasteiger partial charge on any atom is -0.310 e. The summed E-state index contributed by atoms with van der Waals surface area (Å²) in [4.78, 5) is 3.60. The maximum atomic E-state index is 15.5. The number of halogens is 1. The Hall–Kier alpha value is -5.19. The van der Waals surface area contributed by atoms with Crippen LogP contribution in [0.5, 0.6) is 0 Å². The third-order valence-electron chi connectivity index (χ3n) is 8.13. The number of benzene rings is 5. The molecule has 1 aliphatic rings. The first-order valence-electron chi connectivity index (χ1n) is 12.8. The largest absolute Gasteiger partial charge is 0.310 e. The Bertz CT molecular complexity index is 2070. The fourth-order valence-electron chi connectivity index (χ4n) is 6.31. The minimum atomic E-state index is -0.784. The Kier molecular flexibility index (Phi) is 4.80. The Morgan fingerprint density at radius 1 is 0.795 bits per heavy atom. The fraction of sp³-hybridized carbons (Fsp3) is 0.0857. The molecule has 0 amide bonds. The number of hydrogen-bond acceptors (Lipinski definition) is 1. The SMILES string of the molecule is [C-]#[N+]c1c(F)c(C#N)cc(-n2c3ccccc3c3cc4c(cc32)C(C)(C)c2ccccc2-4)c1-c1ccccc1. The highest BCUT2D eigenvalue weighted by atomic mass is 19.1. The predicted octanol–water partition coefficient (Wildman–Crippen LogP) is 9.32. The molecule has 0 saturated carbocycles. The van der Waals surface area contributed by atoms with Crippen molar-refractivity contribution in [3.63, 3.8) is 0 Å². The first kappa shape index (κ1) is 23.0. The number of fused-ring (bicyclic) bond motifs is 6. The lowest BCUT2D eigenvalue weighted by Gasteiger charge is -2.22. The first-order chi connectivity index (χ1) is 19.0. The molecule has 0 N–H and O–H groups in total. The number of hydrogen-bond donors (Lipinski definition) is 0. The molecule has 0 fully saturated rings. The van der Waals surface area contributed by atoms with Gasteiger partial charge in [0.1, 0.15) is 11.9 Å². The average molecular weight is 504 g/mol. The van der Waals surface area contributed by atoms with Crippen LogP contribution in [0.4, 0.5) is 10.1 Å². The average Bonchev–Trinajstić information content (AvgIpc) is 3.41. The lowest BCUT2D eigenvalue weighted by Crippen LogP contribution is -2.15. The summed E-state index contributed by atoms with van der Waals surface area (Å²) < 4.78 is 17.6. The van der Waals surface area contributed by atoms with Crippen LogP contribution in [-0.2, 0) is 5.41 Å². The smallest absolute Gasteiger partial charge is 0.233 e. The summed E-state index contributed by atoms with van der Waals surface area (Å²) >= 11 is 0. The molecular formula is C35H22FN3. The third kappa shape index (κ3) is 3.06. The Morgan fingerprint density at radius 3 is 2.28 bits per heavy atom. The second-order valence-corrected chi connectivity index (χ2v) is 10.5. The number of nitrogens with zero attached hydrogens (tertiary/aromatic N) is 3. The van der Waals surface area contributed by atoms with Crippen molar-refractivity contribution in [2.45, 2.75) is 19.3 Å². The molecule has 7 rings (SSSR count). The van der Waals surface area contributed by atoms with Crippen LogP contribution in [0, 0.1) is 23.7 Å². The van der Waals surface area contributed by atoms with E-state index in [9.17, 15) is 5.26 Å². The highest BCUT2D eigenvalue weighted by molar-refractivity contribution is 6.12. The fourth-order valence-corrected chi connectivity index (χ4v) is 6.31. The lowest BCUT2D eigenvalue weighted by atomic mass is 9.82. The van der Waals surface area contributed by atoms with Gasteiger partial charge in [0.15, 0.2) is 0 Å². The Morgan fingerprint density at radius 2 is 1.51 bits per heavy atom.